The Hall–Kier alpha value is -8.90. The maximum atomic E-state index is 11.6. The average molecular weight is 1280 g/mol. The minimum absolute atomic E-state index is 0.00653. The fourth-order valence-corrected chi connectivity index (χ4v) is 7.86. The number of amides is 1. The number of ether oxygens (including phenoxy) is 11. The van der Waals surface area contributed by atoms with E-state index in [4.69, 9.17) is 45.5 Å². The summed E-state index contributed by atoms with van der Waals surface area (Å²) in [7, 11) is 6.52. The quantitative estimate of drug-likeness (QED) is 0.0232. The van der Waals surface area contributed by atoms with E-state index in [9.17, 15) is 49.2 Å². The Bertz CT molecular complexity index is 3310. The number of nitrogens with zero attached hydrogens (tertiary/aromatic N) is 1. The van der Waals surface area contributed by atoms with Crippen molar-refractivity contribution >= 4 is 64.2 Å². The number of hydrogen-bond donors (Lipinski definition) is 6. The number of fused-ring (bicyclic) bond motifs is 1. The van der Waals surface area contributed by atoms with E-state index in [2.05, 4.69) is 29.1 Å². The average Bonchev–Trinajstić information content (AvgIpc) is 4.49. The van der Waals surface area contributed by atoms with E-state index in [0.29, 0.717) is 72.2 Å². The standard InChI is InChI=1S/C13H13NO5.C12H11NO4.C12H15NO4.C11H11IO4.C11H12O4/c1-17-12(15)7-4-8-6-14-13(16)19-11(8)10(5-7)18-9-2-3-9;1-13-9-5-7(12(15)16-2)6-10(11(9)14)17-8-3-4-8;1-16-12(15)7-4-8(6-13)11(14)10(5-7)17-9-2-3-9;1-15-11(14)6-4-8(12)10(13)9(5-6)16-7-2-3-7;1-14-11(13)7-2-5-9(12)10(6-7)15-8-3-4-8/h4-5,9H,2-3,6H2,1H3,(H,14,16);5-6,8,14H,3-4H2,2H3;4-5,9,14H,2-3,6,13H2,1H3;4-5,7,13H,2-3H2,1H3;2,5-6,8,12H,3-4H2,1H3. The molecule has 7 N–H and O–H groups in total. The zero-order valence-electron chi connectivity index (χ0n) is 46.4. The lowest BCUT2D eigenvalue weighted by molar-refractivity contribution is 0.0591. The number of benzene rings is 5. The SMILES string of the molecule is COC(=O)c1cc(CN)c(O)c(OC2CC2)c1.COC(=O)c1cc(I)c(O)c(OC2CC2)c1.COC(=O)c1cc2c(c(OC3CC3)c1)OC(=O)NC2.COC(=O)c1ccc(O)c(OC2CC2)c1.[C-]#[N+]c1cc(C(=O)OC)cc(OC2CC2)c1O. The molecule has 84 heavy (non-hydrogen) atoms. The van der Waals surface area contributed by atoms with Crippen molar-refractivity contribution in [3.05, 3.63) is 121 Å². The maximum Gasteiger partial charge on any atom is 0.413 e. The molecule has 1 heterocycles. The van der Waals surface area contributed by atoms with Gasteiger partial charge in [0.2, 0.25) is 5.69 Å². The molecule has 24 nitrogen and oxygen atoms in total. The lowest BCUT2D eigenvalue weighted by Gasteiger charge is -2.20. The normalized spacial score (nSPS) is 15.0. The highest BCUT2D eigenvalue weighted by atomic mass is 127. The molecule has 0 unspecified atom stereocenters. The van der Waals surface area contributed by atoms with Crippen LogP contribution in [-0.4, -0.2) is 122 Å². The summed E-state index contributed by atoms with van der Waals surface area (Å²) in [4.78, 5) is 71.5. The van der Waals surface area contributed by atoms with Gasteiger partial charge in [-0.1, -0.05) is 0 Å². The van der Waals surface area contributed by atoms with E-state index in [1.54, 1.807) is 18.2 Å². The Morgan fingerprint density at radius 2 is 0.917 bits per heavy atom. The van der Waals surface area contributed by atoms with E-state index in [0.717, 1.165) is 64.2 Å². The van der Waals surface area contributed by atoms with E-state index < -0.39 is 35.9 Å². The van der Waals surface area contributed by atoms with Crippen LogP contribution in [0.4, 0.5) is 10.5 Å². The van der Waals surface area contributed by atoms with Crippen LogP contribution in [0.3, 0.4) is 0 Å². The molecule has 0 aromatic heterocycles. The molecule has 446 valence electrons. The third kappa shape index (κ3) is 17.8. The van der Waals surface area contributed by atoms with Crippen molar-refractivity contribution in [1.29, 1.82) is 0 Å². The van der Waals surface area contributed by atoms with Crippen LogP contribution in [0.2, 0.25) is 0 Å². The van der Waals surface area contributed by atoms with Crippen LogP contribution in [-0.2, 0) is 36.8 Å². The fraction of sp³-hybridized carbons (Fsp3) is 0.373. The van der Waals surface area contributed by atoms with Crippen LogP contribution in [0.15, 0.2) is 66.7 Å². The summed E-state index contributed by atoms with van der Waals surface area (Å²) in [6, 6.07) is 16.4. The van der Waals surface area contributed by atoms with Crippen molar-refractivity contribution in [1.82, 2.24) is 5.32 Å². The summed E-state index contributed by atoms with van der Waals surface area (Å²) in [5.41, 5.74) is 8.37. The summed E-state index contributed by atoms with van der Waals surface area (Å²) >= 11 is 1.95. The monoisotopic (exact) mass is 1280 g/mol. The first kappa shape index (κ1) is 62.7. The number of esters is 5. The number of rotatable bonds is 16. The number of carbonyl (C=O) groups is 6. The van der Waals surface area contributed by atoms with Crippen LogP contribution < -0.4 is 39.5 Å². The number of carbonyl (C=O) groups excluding carboxylic acids is 6. The highest BCUT2D eigenvalue weighted by Gasteiger charge is 2.32. The van der Waals surface area contributed by atoms with Crippen molar-refractivity contribution in [3.63, 3.8) is 0 Å². The predicted octanol–water partition coefficient (Wildman–Crippen LogP) is 9.11. The first-order chi connectivity index (χ1) is 40.3. The van der Waals surface area contributed by atoms with Crippen LogP contribution >= 0.6 is 22.6 Å². The second kappa shape index (κ2) is 28.9. The van der Waals surface area contributed by atoms with Crippen molar-refractivity contribution in [2.75, 3.05) is 35.5 Å². The number of nitrogens with two attached hydrogens (primary N) is 1. The molecule has 5 fully saturated rings. The molecule has 5 aromatic rings. The van der Waals surface area contributed by atoms with Crippen molar-refractivity contribution in [2.45, 2.75) is 108 Å². The minimum atomic E-state index is -0.560. The molecule has 0 radical (unpaired) electrons. The van der Waals surface area contributed by atoms with Crippen LogP contribution in [0, 0.1) is 10.1 Å². The molecular formula is C59H62IN3O21. The maximum absolute atomic E-state index is 11.6. The molecular weight excluding hydrogens is 1210 g/mol. The molecule has 5 saturated carbocycles. The predicted molar refractivity (Wildman–Crippen MR) is 304 cm³/mol. The van der Waals surface area contributed by atoms with Gasteiger partial charge in [0.05, 0.1) is 104 Å². The summed E-state index contributed by atoms with van der Waals surface area (Å²) in [5, 5.41) is 41.4. The smallest absolute Gasteiger partial charge is 0.413 e. The number of halogens is 1. The lowest BCUT2D eigenvalue weighted by atomic mass is 10.1. The molecule has 5 aliphatic carbocycles. The van der Waals surface area contributed by atoms with Gasteiger partial charge >= 0.3 is 35.9 Å². The van der Waals surface area contributed by atoms with E-state index in [-0.39, 0.29) is 77.1 Å². The molecule has 0 atom stereocenters. The molecule has 1 aliphatic heterocycles. The van der Waals surface area contributed by atoms with Gasteiger partial charge in [-0.15, -0.1) is 0 Å². The van der Waals surface area contributed by atoms with E-state index in [1.807, 2.05) is 22.6 Å². The minimum Gasteiger partial charge on any atom is -0.516 e. The summed E-state index contributed by atoms with van der Waals surface area (Å²) in [6.07, 6.45) is 9.95. The van der Waals surface area contributed by atoms with Crippen molar-refractivity contribution in [3.8, 4) is 57.5 Å². The van der Waals surface area contributed by atoms with Crippen LogP contribution in [0.25, 0.3) is 4.85 Å². The third-order valence-electron chi connectivity index (χ3n) is 12.5. The molecule has 6 aliphatic rings. The Morgan fingerprint density at radius 3 is 1.37 bits per heavy atom. The number of methoxy groups -OCH3 is 5. The molecule has 11 rings (SSSR count). The van der Waals surface area contributed by atoms with Gasteiger partial charge in [0.25, 0.3) is 0 Å². The highest BCUT2D eigenvalue weighted by molar-refractivity contribution is 14.1. The van der Waals surface area contributed by atoms with Gasteiger partial charge in [0.15, 0.2) is 57.5 Å². The molecule has 1 amide bonds. The topological polar surface area (TPSA) is 327 Å². The number of hydrogen-bond acceptors (Lipinski definition) is 22. The Labute approximate surface area is 495 Å². The molecule has 5 aromatic carbocycles. The summed E-state index contributed by atoms with van der Waals surface area (Å²) in [6.45, 7) is 7.37. The number of phenols is 4. The third-order valence-corrected chi connectivity index (χ3v) is 13.3. The summed E-state index contributed by atoms with van der Waals surface area (Å²) < 4.78 is 56.4. The van der Waals surface area contributed by atoms with Gasteiger partial charge in [-0.05, 0) is 154 Å². The van der Waals surface area contributed by atoms with Gasteiger partial charge in [-0.25, -0.2) is 33.6 Å². The van der Waals surface area contributed by atoms with Gasteiger partial charge in [-0.3, -0.25) is 0 Å². The first-order valence-corrected chi connectivity index (χ1v) is 27.4. The van der Waals surface area contributed by atoms with Gasteiger partial charge in [0, 0.05) is 24.2 Å². The zero-order chi connectivity index (χ0) is 60.8. The Morgan fingerprint density at radius 1 is 0.536 bits per heavy atom. The van der Waals surface area contributed by atoms with Crippen molar-refractivity contribution < 1.29 is 101 Å². The largest absolute Gasteiger partial charge is 0.516 e. The van der Waals surface area contributed by atoms with Crippen LogP contribution in [0.5, 0.6) is 57.5 Å². The second-order valence-corrected chi connectivity index (χ2v) is 20.5. The van der Waals surface area contributed by atoms with Crippen molar-refractivity contribution in [2.24, 2.45) is 5.73 Å². The summed E-state index contributed by atoms with van der Waals surface area (Å²) in [5.74, 6) is -0.433. The van der Waals surface area contributed by atoms with Crippen LogP contribution in [0.1, 0.15) is 127 Å². The molecule has 0 saturated heterocycles. The van der Waals surface area contributed by atoms with E-state index >= 15 is 0 Å². The lowest BCUT2D eigenvalue weighted by Crippen LogP contribution is -2.31. The molecule has 0 bridgehead atoms. The van der Waals surface area contributed by atoms with Gasteiger partial charge in [-0.2, -0.15) is 0 Å². The first-order valence-electron chi connectivity index (χ1n) is 26.3. The van der Waals surface area contributed by atoms with Gasteiger partial charge < -0.3 is 83.6 Å². The highest BCUT2D eigenvalue weighted by Crippen LogP contribution is 2.43. The van der Waals surface area contributed by atoms with Gasteiger partial charge in [0.1, 0.15) is 0 Å². The number of nitrogens with one attached hydrogen (secondary N) is 1. The molecule has 0 spiro atoms. The van der Waals surface area contributed by atoms with E-state index in [1.165, 1.54) is 84.1 Å². The Balaban J connectivity index is 0.000000151. The number of phenolic OH excluding ortho intramolecular Hbond substituents is 4. The Kier molecular flexibility index (Phi) is 21.6. The molecule has 25 heteroatoms. The fourth-order valence-electron chi connectivity index (χ4n) is 7.26. The number of aromatic hydroxyl groups is 4. The second-order valence-electron chi connectivity index (χ2n) is 19.4. The zero-order valence-corrected chi connectivity index (χ0v) is 48.5.